The summed E-state index contributed by atoms with van der Waals surface area (Å²) in [6, 6.07) is 0. The average molecular weight is 580 g/mol. The number of rotatable bonds is 18. The summed E-state index contributed by atoms with van der Waals surface area (Å²) in [4.78, 5) is 3.68. The molecule has 0 radical (unpaired) electrons. The molecule has 0 unspecified atom stereocenters. The van der Waals surface area contributed by atoms with Crippen molar-refractivity contribution in [3.63, 3.8) is 0 Å². The molecule has 0 aromatic heterocycles. The van der Waals surface area contributed by atoms with Crippen molar-refractivity contribution in [3.05, 3.63) is 0 Å². The van der Waals surface area contributed by atoms with E-state index in [0.29, 0.717) is 0 Å². The van der Waals surface area contributed by atoms with Crippen molar-refractivity contribution in [3.8, 4) is 0 Å². The Morgan fingerprint density at radius 2 is 0.500 bits per heavy atom. The fraction of sp³-hybridized carbons (Fsp3) is 1.00. The van der Waals surface area contributed by atoms with Crippen LogP contribution in [-0.4, -0.2) is 39.3 Å². The van der Waals surface area contributed by atoms with Gasteiger partial charge in [0.15, 0.2) is 0 Å². The van der Waals surface area contributed by atoms with E-state index in [-0.39, 0.29) is 41.0 Å². The van der Waals surface area contributed by atoms with Gasteiger partial charge in [0.1, 0.15) is 0 Å². The Balaban J connectivity index is -0.000000192. The van der Waals surface area contributed by atoms with Crippen LogP contribution in [0.1, 0.15) is 119 Å². The second-order valence-corrected chi connectivity index (χ2v) is 8.12. The largest absolute Gasteiger partial charge is 1.00 e. The molecular formula is C24H56BrIN2. The molecule has 0 saturated heterocycles. The van der Waals surface area contributed by atoms with E-state index in [1.165, 1.54) is 116 Å². The molecule has 0 atom stereocenters. The molecule has 0 aliphatic heterocycles. The zero-order chi connectivity index (χ0) is 19.9. The molecule has 4 heteroatoms. The summed E-state index contributed by atoms with van der Waals surface area (Å²) < 4.78 is 0. The maximum atomic E-state index is 2.29. The number of unbranched alkanes of at least 4 members (excludes halogenated alkanes) is 6. The predicted molar refractivity (Wildman–Crippen MR) is 121 cm³/mol. The van der Waals surface area contributed by atoms with Crippen molar-refractivity contribution in [2.24, 2.45) is 0 Å². The third kappa shape index (κ3) is 29.3. The molecule has 0 fully saturated rings. The minimum absolute atomic E-state index is 0. The summed E-state index contributed by atoms with van der Waals surface area (Å²) in [7, 11) is 0. The van der Waals surface area contributed by atoms with E-state index in [1.54, 1.807) is 0 Å². The van der Waals surface area contributed by atoms with Crippen LogP contribution in [0.2, 0.25) is 0 Å². The SMILES string of the molecule is CCCC[NH+](CCCC)CCCC.CCCC[NH+](CCCC)CCCC.[Br-].[I-]. The molecule has 2 N–H and O–H groups in total. The first-order valence-electron chi connectivity index (χ1n) is 12.4. The molecule has 0 aliphatic rings. The van der Waals surface area contributed by atoms with Crippen LogP contribution in [0.25, 0.3) is 0 Å². The Morgan fingerprint density at radius 1 is 0.357 bits per heavy atom. The molecule has 2 nitrogen and oxygen atoms in total. The van der Waals surface area contributed by atoms with E-state index >= 15 is 0 Å². The molecule has 28 heavy (non-hydrogen) atoms. The highest BCUT2D eigenvalue weighted by Crippen LogP contribution is 1.86. The Hall–Kier alpha value is 1.13. The minimum atomic E-state index is 0. The van der Waals surface area contributed by atoms with Gasteiger partial charge in [0.25, 0.3) is 0 Å². The fourth-order valence-electron chi connectivity index (χ4n) is 3.31. The summed E-state index contributed by atoms with van der Waals surface area (Å²) in [6.07, 6.45) is 16.5. The highest BCUT2D eigenvalue weighted by molar-refractivity contribution is 4.38. The van der Waals surface area contributed by atoms with Crippen molar-refractivity contribution in [1.29, 1.82) is 0 Å². The minimum Gasteiger partial charge on any atom is -1.00 e. The van der Waals surface area contributed by atoms with Gasteiger partial charge in [0, 0.05) is 0 Å². The van der Waals surface area contributed by atoms with Gasteiger partial charge >= 0.3 is 0 Å². The lowest BCUT2D eigenvalue weighted by molar-refractivity contribution is -0.900. The van der Waals surface area contributed by atoms with E-state index in [0.717, 1.165) is 0 Å². The molecule has 0 aliphatic carbocycles. The maximum Gasteiger partial charge on any atom is 0.0770 e. The molecule has 0 heterocycles. The second kappa shape index (κ2) is 32.8. The van der Waals surface area contributed by atoms with E-state index < -0.39 is 0 Å². The molecule has 0 rings (SSSR count). The van der Waals surface area contributed by atoms with Crippen molar-refractivity contribution < 1.29 is 50.8 Å². The van der Waals surface area contributed by atoms with Gasteiger partial charge in [-0.15, -0.1) is 0 Å². The van der Waals surface area contributed by atoms with E-state index in [1.807, 2.05) is 9.80 Å². The van der Waals surface area contributed by atoms with Crippen molar-refractivity contribution in [2.45, 2.75) is 119 Å². The lowest BCUT2D eigenvalue weighted by Gasteiger charge is -2.18. The van der Waals surface area contributed by atoms with Crippen LogP contribution in [0, 0.1) is 0 Å². The molecule has 0 aromatic carbocycles. The zero-order valence-electron chi connectivity index (χ0n) is 20.5. The molecule has 176 valence electrons. The second-order valence-electron chi connectivity index (χ2n) is 8.12. The first-order chi connectivity index (χ1) is 12.7. The van der Waals surface area contributed by atoms with Crippen LogP contribution in [0.15, 0.2) is 0 Å². The van der Waals surface area contributed by atoms with Crippen molar-refractivity contribution >= 4 is 0 Å². The van der Waals surface area contributed by atoms with E-state index in [2.05, 4.69) is 41.5 Å². The summed E-state index contributed by atoms with van der Waals surface area (Å²) >= 11 is 0. The van der Waals surface area contributed by atoms with Gasteiger partial charge in [-0.1, -0.05) is 80.1 Å². The van der Waals surface area contributed by atoms with Gasteiger partial charge in [-0.3, -0.25) is 0 Å². The molecule has 0 bridgehead atoms. The smallest absolute Gasteiger partial charge is 0.0770 e. The van der Waals surface area contributed by atoms with Crippen molar-refractivity contribution in [1.82, 2.24) is 0 Å². The first kappa shape index (κ1) is 36.5. The Kier molecular flexibility index (Phi) is 42.7. The Bertz CT molecular complexity index is 181. The number of hydrogen-bond acceptors (Lipinski definition) is 0. The van der Waals surface area contributed by atoms with Crippen LogP contribution < -0.4 is 50.8 Å². The number of quaternary nitrogens is 2. The lowest BCUT2D eigenvalue weighted by Crippen LogP contribution is -3.12. The highest BCUT2D eigenvalue weighted by Gasteiger charge is 2.06. The quantitative estimate of drug-likeness (QED) is 0.184. The first-order valence-corrected chi connectivity index (χ1v) is 12.4. The monoisotopic (exact) mass is 578 g/mol. The van der Waals surface area contributed by atoms with Crippen molar-refractivity contribution in [2.75, 3.05) is 39.3 Å². The van der Waals surface area contributed by atoms with Crippen LogP contribution in [0.4, 0.5) is 0 Å². The van der Waals surface area contributed by atoms with Gasteiger partial charge in [-0.25, -0.2) is 0 Å². The molecule has 0 aromatic rings. The third-order valence-electron chi connectivity index (χ3n) is 5.30. The Morgan fingerprint density at radius 3 is 0.607 bits per heavy atom. The maximum absolute atomic E-state index is 2.29. The standard InChI is InChI=1S/2C12H27N.BrH.HI/c2*1-4-7-10-13(11-8-5-2)12-9-6-3;;/h2*4-12H2,1-3H3;2*1H. The van der Waals surface area contributed by atoms with Crippen LogP contribution in [-0.2, 0) is 0 Å². The van der Waals surface area contributed by atoms with Gasteiger partial charge < -0.3 is 50.8 Å². The molecule has 0 amide bonds. The zero-order valence-corrected chi connectivity index (χ0v) is 24.2. The summed E-state index contributed by atoms with van der Waals surface area (Å²) in [5, 5.41) is 0. The van der Waals surface area contributed by atoms with Gasteiger partial charge in [-0.05, 0) is 38.5 Å². The van der Waals surface area contributed by atoms with E-state index in [9.17, 15) is 0 Å². The van der Waals surface area contributed by atoms with Gasteiger partial charge in [0.05, 0.1) is 39.3 Å². The Labute approximate surface area is 207 Å². The van der Waals surface area contributed by atoms with Gasteiger partial charge in [0.2, 0.25) is 0 Å². The summed E-state index contributed by atoms with van der Waals surface area (Å²) in [6.45, 7) is 22.1. The predicted octanol–water partition coefficient (Wildman–Crippen LogP) is -1.45. The number of hydrogen-bond donors (Lipinski definition) is 2. The van der Waals surface area contributed by atoms with Gasteiger partial charge in [-0.2, -0.15) is 0 Å². The average Bonchev–Trinajstić information content (AvgIpc) is 2.67. The molecular weight excluding hydrogens is 523 g/mol. The topological polar surface area (TPSA) is 8.88 Å². The normalized spacial score (nSPS) is 10.3. The molecule has 0 spiro atoms. The fourth-order valence-corrected chi connectivity index (χ4v) is 3.31. The third-order valence-corrected chi connectivity index (χ3v) is 5.30. The van der Waals surface area contributed by atoms with Crippen LogP contribution >= 0.6 is 0 Å². The van der Waals surface area contributed by atoms with Crippen LogP contribution in [0.5, 0.6) is 0 Å². The lowest BCUT2D eigenvalue weighted by atomic mass is 10.2. The number of nitrogens with one attached hydrogen (secondary N) is 2. The van der Waals surface area contributed by atoms with E-state index in [4.69, 9.17) is 0 Å². The summed E-state index contributed by atoms with van der Waals surface area (Å²) in [5.41, 5.74) is 0. The highest BCUT2D eigenvalue weighted by atomic mass is 127. The van der Waals surface area contributed by atoms with Crippen LogP contribution in [0.3, 0.4) is 0 Å². The number of halogens is 2. The molecule has 0 saturated carbocycles. The summed E-state index contributed by atoms with van der Waals surface area (Å²) in [5.74, 6) is 0.